The highest BCUT2D eigenvalue weighted by Gasteiger charge is 2.34. The van der Waals surface area contributed by atoms with Crippen LogP contribution in [-0.4, -0.2) is 57.6 Å². The summed E-state index contributed by atoms with van der Waals surface area (Å²) >= 11 is 0. The van der Waals surface area contributed by atoms with E-state index in [-0.39, 0.29) is 12.1 Å². The van der Waals surface area contributed by atoms with Crippen molar-refractivity contribution < 1.29 is 27.8 Å². The lowest BCUT2D eigenvalue weighted by molar-refractivity contribution is -0.276. The number of piperazine rings is 1. The van der Waals surface area contributed by atoms with Crippen molar-refractivity contribution in [2.45, 2.75) is 32.3 Å². The fraction of sp³-hybridized carbons (Fsp3) is 0.583. The molecule has 1 aromatic heterocycles. The van der Waals surface area contributed by atoms with Crippen LogP contribution in [0.15, 0.2) is 12.4 Å². The second kappa shape index (κ2) is 5.85. The second-order valence-corrected chi connectivity index (χ2v) is 5.05. The van der Waals surface area contributed by atoms with Gasteiger partial charge in [-0.15, -0.1) is 13.2 Å². The van der Waals surface area contributed by atoms with Crippen LogP contribution in [0.25, 0.3) is 0 Å². The van der Waals surface area contributed by atoms with Crippen molar-refractivity contribution in [3.63, 3.8) is 0 Å². The monoisotopic (exact) mass is 320 g/mol. The molecule has 0 aliphatic carbocycles. The molecule has 1 amide bonds. The van der Waals surface area contributed by atoms with E-state index in [1.54, 1.807) is 18.7 Å². The van der Waals surface area contributed by atoms with Crippen LogP contribution in [0.2, 0.25) is 0 Å². The Kier molecular flexibility index (Phi) is 4.29. The average Bonchev–Trinajstić information content (AvgIpc) is 2.36. The molecule has 122 valence electrons. The van der Waals surface area contributed by atoms with Gasteiger partial charge in [0, 0.05) is 13.1 Å². The standard InChI is InChI=1S/C12H15F3N4O3/c1-7-5-18(6-8(2)19(7)11(20)21)9-3-17-10(4-16-9)22-12(13,14)15/h3-4,7-8H,5-6H2,1-2H3,(H,20,21)/t7-,8+. The number of anilines is 1. The molecule has 10 heteroatoms. The Hall–Kier alpha value is -2.26. The summed E-state index contributed by atoms with van der Waals surface area (Å²) in [5.74, 6) is -0.264. The Morgan fingerprint density at radius 3 is 2.27 bits per heavy atom. The molecule has 0 unspecified atom stereocenters. The number of alkyl halides is 3. The molecule has 1 aliphatic heterocycles. The Balaban J connectivity index is 2.08. The van der Waals surface area contributed by atoms with Gasteiger partial charge in [0.05, 0.1) is 24.5 Å². The molecule has 1 N–H and O–H groups in total. The molecule has 1 saturated heterocycles. The maximum absolute atomic E-state index is 12.1. The van der Waals surface area contributed by atoms with Crippen LogP contribution in [0.4, 0.5) is 23.8 Å². The molecule has 0 spiro atoms. The zero-order valence-corrected chi connectivity index (χ0v) is 11.9. The van der Waals surface area contributed by atoms with E-state index in [9.17, 15) is 18.0 Å². The number of carbonyl (C=O) groups is 1. The Morgan fingerprint density at radius 2 is 1.86 bits per heavy atom. The summed E-state index contributed by atoms with van der Waals surface area (Å²) in [4.78, 5) is 21.7. The zero-order valence-electron chi connectivity index (χ0n) is 11.9. The smallest absolute Gasteiger partial charge is 0.465 e. The highest BCUT2D eigenvalue weighted by molar-refractivity contribution is 5.66. The third-order valence-electron chi connectivity index (χ3n) is 3.30. The number of hydrogen-bond donors (Lipinski definition) is 1. The van der Waals surface area contributed by atoms with Crippen molar-refractivity contribution in [1.29, 1.82) is 0 Å². The van der Waals surface area contributed by atoms with Gasteiger partial charge in [-0.1, -0.05) is 0 Å². The van der Waals surface area contributed by atoms with Gasteiger partial charge in [0.25, 0.3) is 0 Å². The molecule has 1 aliphatic rings. The van der Waals surface area contributed by atoms with Crippen LogP contribution < -0.4 is 9.64 Å². The fourth-order valence-electron chi connectivity index (χ4n) is 2.53. The molecule has 2 heterocycles. The number of nitrogens with zero attached hydrogens (tertiary/aromatic N) is 4. The third-order valence-corrected chi connectivity index (χ3v) is 3.30. The summed E-state index contributed by atoms with van der Waals surface area (Å²) in [5.41, 5.74) is 0. The van der Waals surface area contributed by atoms with E-state index in [1.165, 1.54) is 11.1 Å². The first kappa shape index (κ1) is 16.1. The van der Waals surface area contributed by atoms with Gasteiger partial charge in [-0.2, -0.15) is 0 Å². The van der Waals surface area contributed by atoms with Gasteiger partial charge in [-0.25, -0.2) is 14.8 Å². The average molecular weight is 320 g/mol. The predicted octanol–water partition coefficient (Wildman–Crippen LogP) is 1.95. The van der Waals surface area contributed by atoms with E-state index >= 15 is 0 Å². The summed E-state index contributed by atoms with van der Waals surface area (Å²) < 4.78 is 39.8. The van der Waals surface area contributed by atoms with E-state index in [0.717, 1.165) is 6.20 Å². The molecule has 0 aromatic carbocycles. The minimum atomic E-state index is -4.81. The highest BCUT2D eigenvalue weighted by atomic mass is 19.4. The van der Waals surface area contributed by atoms with Crippen molar-refractivity contribution in [2.75, 3.05) is 18.0 Å². The fourth-order valence-corrected chi connectivity index (χ4v) is 2.53. The maximum Gasteiger partial charge on any atom is 0.574 e. The first-order valence-electron chi connectivity index (χ1n) is 6.51. The Labute approximate surface area is 124 Å². The van der Waals surface area contributed by atoms with Gasteiger partial charge in [0.15, 0.2) is 0 Å². The molecule has 0 radical (unpaired) electrons. The summed E-state index contributed by atoms with van der Waals surface area (Å²) in [5, 5.41) is 9.14. The van der Waals surface area contributed by atoms with E-state index in [1.807, 2.05) is 0 Å². The molecule has 0 bridgehead atoms. The van der Waals surface area contributed by atoms with Crippen molar-refractivity contribution in [3.05, 3.63) is 12.4 Å². The Morgan fingerprint density at radius 1 is 1.27 bits per heavy atom. The molecule has 2 rings (SSSR count). The molecule has 1 fully saturated rings. The lowest BCUT2D eigenvalue weighted by Gasteiger charge is -2.43. The largest absolute Gasteiger partial charge is 0.574 e. The summed E-state index contributed by atoms with van der Waals surface area (Å²) in [6, 6.07) is -0.539. The summed E-state index contributed by atoms with van der Waals surface area (Å²) in [7, 11) is 0. The molecule has 22 heavy (non-hydrogen) atoms. The van der Waals surface area contributed by atoms with Crippen LogP contribution in [0.1, 0.15) is 13.8 Å². The second-order valence-electron chi connectivity index (χ2n) is 5.05. The van der Waals surface area contributed by atoms with Crippen LogP contribution in [0, 0.1) is 0 Å². The van der Waals surface area contributed by atoms with Gasteiger partial charge in [-0.3, -0.25) is 4.90 Å². The number of rotatable bonds is 2. The lowest BCUT2D eigenvalue weighted by atomic mass is 10.1. The lowest BCUT2D eigenvalue weighted by Crippen LogP contribution is -2.58. The highest BCUT2D eigenvalue weighted by Crippen LogP contribution is 2.23. The molecular formula is C12H15F3N4O3. The predicted molar refractivity (Wildman–Crippen MR) is 69.7 cm³/mol. The van der Waals surface area contributed by atoms with E-state index in [0.29, 0.717) is 18.9 Å². The first-order chi connectivity index (χ1) is 10.2. The summed E-state index contributed by atoms with van der Waals surface area (Å²) in [6.07, 6.45) is -3.75. The quantitative estimate of drug-likeness (QED) is 0.897. The number of carboxylic acid groups (broad SMARTS) is 1. The van der Waals surface area contributed by atoms with Crippen molar-refractivity contribution >= 4 is 11.9 Å². The molecule has 0 saturated carbocycles. The first-order valence-corrected chi connectivity index (χ1v) is 6.51. The zero-order chi connectivity index (χ0) is 16.5. The van der Waals surface area contributed by atoms with Gasteiger partial charge in [-0.05, 0) is 13.8 Å². The van der Waals surface area contributed by atoms with E-state index in [2.05, 4.69) is 14.7 Å². The van der Waals surface area contributed by atoms with Crippen molar-refractivity contribution in [2.24, 2.45) is 0 Å². The minimum absolute atomic E-state index is 0.269. The van der Waals surface area contributed by atoms with Crippen molar-refractivity contribution in [1.82, 2.24) is 14.9 Å². The van der Waals surface area contributed by atoms with Crippen LogP contribution in [0.5, 0.6) is 5.88 Å². The number of halogens is 3. The SMILES string of the molecule is C[C@@H]1CN(c2cnc(OC(F)(F)F)cn2)C[C@H](C)N1C(=O)O. The van der Waals surface area contributed by atoms with Crippen LogP contribution in [0.3, 0.4) is 0 Å². The number of hydrogen-bond acceptors (Lipinski definition) is 5. The van der Waals surface area contributed by atoms with Crippen LogP contribution >= 0.6 is 0 Å². The minimum Gasteiger partial charge on any atom is -0.465 e. The van der Waals surface area contributed by atoms with Crippen molar-refractivity contribution in [3.8, 4) is 5.88 Å². The third kappa shape index (κ3) is 3.68. The maximum atomic E-state index is 12.1. The van der Waals surface area contributed by atoms with E-state index in [4.69, 9.17) is 5.11 Å². The number of amides is 1. The van der Waals surface area contributed by atoms with Crippen LogP contribution in [-0.2, 0) is 0 Å². The number of ether oxygens (including phenoxy) is 1. The topological polar surface area (TPSA) is 78.8 Å². The van der Waals surface area contributed by atoms with Gasteiger partial charge >= 0.3 is 12.5 Å². The van der Waals surface area contributed by atoms with Gasteiger partial charge in [0.2, 0.25) is 5.88 Å². The van der Waals surface area contributed by atoms with Gasteiger partial charge in [0.1, 0.15) is 5.82 Å². The molecule has 1 aromatic rings. The van der Waals surface area contributed by atoms with Gasteiger partial charge < -0.3 is 14.7 Å². The summed E-state index contributed by atoms with van der Waals surface area (Å²) in [6.45, 7) is 4.27. The Bertz CT molecular complexity index is 525. The molecular weight excluding hydrogens is 305 g/mol. The number of aromatic nitrogens is 2. The van der Waals surface area contributed by atoms with E-state index < -0.39 is 18.3 Å². The molecule has 2 atom stereocenters. The normalized spacial score (nSPS) is 22.6. The molecule has 7 nitrogen and oxygen atoms in total.